The van der Waals surface area contributed by atoms with Crippen LogP contribution in [0.4, 0.5) is 0 Å². The van der Waals surface area contributed by atoms with Crippen molar-refractivity contribution < 1.29 is 4.79 Å². The molecule has 1 N–H and O–H groups in total. The number of halogens is 3. The molecular formula is C20H20BrCl2N3O. The van der Waals surface area contributed by atoms with Crippen molar-refractivity contribution in [3.63, 3.8) is 0 Å². The fraction of sp³-hybridized carbons (Fsp3) is 0.300. The molecule has 0 radical (unpaired) electrons. The topological polar surface area (TPSA) is 44.7 Å². The Morgan fingerprint density at radius 3 is 2.56 bits per heavy atom. The first kappa shape index (κ1) is 20.3. The van der Waals surface area contributed by atoms with Crippen LogP contribution in [0, 0.1) is 5.92 Å². The van der Waals surface area contributed by atoms with Crippen LogP contribution in [0.3, 0.4) is 0 Å². The summed E-state index contributed by atoms with van der Waals surface area (Å²) in [5, 5.41) is 5.10. The Morgan fingerprint density at radius 2 is 1.89 bits per heavy atom. The van der Waals surface area contributed by atoms with Crippen LogP contribution in [0.5, 0.6) is 0 Å². The Balaban J connectivity index is 1.45. The number of hydrogen-bond acceptors (Lipinski definition) is 3. The van der Waals surface area contributed by atoms with E-state index in [1.165, 1.54) is 5.56 Å². The van der Waals surface area contributed by atoms with Crippen molar-refractivity contribution in [1.29, 1.82) is 0 Å². The van der Waals surface area contributed by atoms with Crippen LogP contribution in [0.2, 0.25) is 10.0 Å². The molecule has 4 nitrogen and oxygen atoms in total. The zero-order valence-electron chi connectivity index (χ0n) is 14.7. The van der Waals surface area contributed by atoms with Gasteiger partial charge >= 0.3 is 0 Å². The van der Waals surface area contributed by atoms with Gasteiger partial charge in [-0.2, -0.15) is 5.10 Å². The number of piperidine rings is 1. The van der Waals surface area contributed by atoms with Crippen molar-refractivity contribution >= 4 is 51.3 Å². The fourth-order valence-corrected chi connectivity index (χ4v) is 3.79. The predicted octanol–water partition coefficient (Wildman–Crippen LogP) is 5.12. The third-order valence-corrected chi connectivity index (χ3v) is 5.71. The molecule has 1 amide bonds. The number of hydrogen-bond donors (Lipinski definition) is 1. The van der Waals surface area contributed by atoms with Crippen molar-refractivity contribution in [3.05, 3.63) is 68.1 Å². The standard InChI is InChI=1S/C20H20BrCl2N3O/c21-17-4-1-14(2-5-17)13-26-9-7-15(8-10-26)20(27)25-24-12-16-3-6-18(22)11-19(16)23/h1-6,11-12,15H,7-10,13H2,(H,25,27). The van der Waals surface area contributed by atoms with Crippen molar-refractivity contribution in [2.75, 3.05) is 13.1 Å². The molecule has 2 aromatic rings. The Labute approximate surface area is 177 Å². The first-order valence-electron chi connectivity index (χ1n) is 8.76. The third kappa shape index (κ3) is 6.04. The van der Waals surface area contributed by atoms with Gasteiger partial charge in [-0.05, 0) is 55.8 Å². The van der Waals surface area contributed by atoms with Gasteiger partial charge in [0, 0.05) is 27.5 Å². The summed E-state index contributed by atoms with van der Waals surface area (Å²) >= 11 is 15.4. The number of nitrogens with one attached hydrogen (secondary N) is 1. The normalized spacial score (nSPS) is 16.0. The van der Waals surface area contributed by atoms with E-state index >= 15 is 0 Å². The molecule has 0 bridgehead atoms. The van der Waals surface area contributed by atoms with Crippen LogP contribution in [0.1, 0.15) is 24.0 Å². The van der Waals surface area contributed by atoms with E-state index in [1.54, 1.807) is 24.4 Å². The lowest BCUT2D eigenvalue weighted by molar-refractivity contribution is -0.126. The van der Waals surface area contributed by atoms with Gasteiger partial charge in [0.05, 0.1) is 11.2 Å². The Morgan fingerprint density at radius 1 is 1.19 bits per heavy atom. The van der Waals surface area contributed by atoms with Gasteiger partial charge in [-0.1, -0.05) is 57.3 Å². The SMILES string of the molecule is O=C(NN=Cc1ccc(Cl)cc1Cl)C1CCN(Cc2ccc(Br)cc2)CC1. The highest BCUT2D eigenvalue weighted by molar-refractivity contribution is 9.10. The summed E-state index contributed by atoms with van der Waals surface area (Å²) in [6, 6.07) is 13.5. The second-order valence-electron chi connectivity index (χ2n) is 6.58. The first-order chi connectivity index (χ1) is 13.0. The molecule has 7 heteroatoms. The van der Waals surface area contributed by atoms with E-state index in [0.717, 1.165) is 36.9 Å². The maximum atomic E-state index is 12.3. The second kappa shape index (κ2) is 9.69. The molecule has 1 aliphatic heterocycles. The van der Waals surface area contributed by atoms with Crippen molar-refractivity contribution in [2.45, 2.75) is 19.4 Å². The minimum atomic E-state index is -0.0420. The highest BCUT2D eigenvalue weighted by atomic mass is 79.9. The predicted molar refractivity (Wildman–Crippen MR) is 114 cm³/mol. The lowest BCUT2D eigenvalue weighted by Crippen LogP contribution is -2.39. The molecule has 0 atom stereocenters. The molecule has 0 spiro atoms. The molecule has 0 unspecified atom stereocenters. The molecule has 0 saturated carbocycles. The summed E-state index contributed by atoms with van der Waals surface area (Å²) in [4.78, 5) is 14.7. The number of likely N-dealkylation sites (tertiary alicyclic amines) is 1. The minimum absolute atomic E-state index is 0.0102. The van der Waals surface area contributed by atoms with Crippen molar-refractivity contribution in [3.8, 4) is 0 Å². The lowest BCUT2D eigenvalue weighted by Gasteiger charge is -2.30. The van der Waals surface area contributed by atoms with Crippen LogP contribution in [0.25, 0.3) is 0 Å². The van der Waals surface area contributed by atoms with E-state index in [9.17, 15) is 4.79 Å². The molecule has 27 heavy (non-hydrogen) atoms. The lowest BCUT2D eigenvalue weighted by atomic mass is 9.96. The zero-order valence-corrected chi connectivity index (χ0v) is 17.8. The van der Waals surface area contributed by atoms with Gasteiger partial charge < -0.3 is 0 Å². The van der Waals surface area contributed by atoms with E-state index in [4.69, 9.17) is 23.2 Å². The molecule has 1 saturated heterocycles. The van der Waals surface area contributed by atoms with Gasteiger partial charge in [-0.25, -0.2) is 5.43 Å². The van der Waals surface area contributed by atoms with Crippen molar-refractivity contribution in [1.82, 2.24) is 10.3 Å². The average molecular weight is 469 g/mol. The van der Waals surface area contributed by atoms with Crippen molar-refractivity contribution in [2.24, 2.45) is 11.0 Å². The van der Waals surface area contributed by atoms with Gasteiger partial charge in [-0.3, -0.25) is 9.69 Å². The molecule has 1 aliphatic rings. The monoisotopic (exact) mass is 467 g/mol. The summed E-state index contributed by atoms with van der Waals surface area (Å²) in [6.07, 6.45) is 3.21. The number of carbonyl (C=O) groups is 1. The van der Waals surface area contributed by atoms with Crippen LogP contribution in [-0.4, -0.2) is 30.1 Å². The Hall–Kier alpha value is -1.40. The number of rotatable bonds is 5. The Kier molecular flexibility index (Phi) is 7.30. The van der Waals surface area contributed by atoms with E-state index in [-0.39, 0.29) is 11.8 Å². The fourth-order valence-electron chi connectivity index (χ4n) is 3.06. The van der Waals surface area contributed by atoms with Gasteiger partial charge in [0.2, 0.25) is 5.91 Å². The highest BCUT2D eigenvalue weighted by Gasteiger charge is 2.24. The third-order valence-electron chi connectivity index (χ3n) is 4.62. The Bertz CT molecular complexity index is 818. The summed E-state index contributed by atoms with van der Waals surface area (Å²) in [5.41, 5.74) is 4.63. The average Bonchev–Trinajstić information content (AvgIpc) is 2.66. The summed E-state index contributed by atoms with van der Waals surface area (Å²) in [7, 11) is 0. The molecular weight excluding hydrogens is 449 g/mol. The highest BCUT2D eigenvalue weighted by Crippen LogP contribution is 2.21. The molecule has 1 fully saturated rings. The van der Waals surface area contributed by atoms with E-state index in [0.29, 0.717) is 15.6 Å². The molecule has 0 aliphatic carbocycles. The number of hydrazone groups is 1. The van der Waals surface area contributed by atoms with Gasteiger partial charge in [0.25, 0.3) is 0 Å². The second-order valence-corrected chi connectivity index (χ2v) is 8.34. The largest absolute Gasteiger partial charge is 0.299 e. The number of nitrogens with zero attached hydrogens (tertiary/aromatic N) is 2. The van der Waals surface area contributed by atoms with Crippen LogP contribution in [0.15, 0.2) is 52.0 Å². The molecule has 2 aromatic carbocycles. The molecule has 3 rings (SSSR count). The van der Waals surface area contributed by atoms with Gasteiger partial charge in [0.1, 0.15) is 0 Å². The minimum Gasteiger partial charge on any atom is -0.299 e. The molecule has 0 aromatic heterocycles. The van der Waals surface area contributed by atoms with Crippen LogP contribution >= 0.6 is 39.1 Å². The van der Waals surface area contributed by atoms with Crippen LogP contribution < -0.4 is 5.43 Å². The van der Waals surface area contributed by atoms with Crippen LogP contribution in [-0.2, 0) is 11.3 Å². The summed E-state index contributed by atoms with van der Waals surface area (Å²) in [5.74, 6) is -0.0522. The number of carbonyl (C=O) groups excluding carboxylic acids is 1. The summed E-state index contributed by atoms with van der Waals surface area (Å²) < 4.78 is 1.09. The molecule has 142 valence electrons. The first-order valence-corrected chi connectivity index (χ1v) is 10.3. The van der Waals surface area contributed by atoms with E-state index < -0.39 is 0 Å². The maximum Gasteiger partial charge on any atom is 0.243 e. The molecule has 1 heterocycles. The number of amides is 1. The van der Waals surface area contributed by atoms with Gasteiger partial charge in [0.15, 0.2) is 0 Å². The quantitative estimate of drug-likeness (QED) is 0.489. The zero-order chi connectivity index (χ0) is 19.2. The van der Waals surface area contributed by atoms with E-state index in [1.807, 2.05) is 0 Å². The maximum absolute atomic E-state index is 12.3. The van der Waals surface area contributed by atoms with E-state index in [2.05, 4.69) is 55.6 Å². The smallest absolute Gasteiger partial charge is 0.243 e. The van der Waals surface area contributed by atoms with Gasteiger partial charge in [-0.15, -0.1) is 0 Å². The summed E-state index contributed by atoms with van der Waals surface area (Å²) in [6.45, 7) is 2.72. The number of benzene rings is 2.